The molecule has 0 bridgehead atoms. The van der Waals surface area contributed by atoms with Gasteiger partial charge in [0.25, 0.3) is 0 Å². The van der Waals surface area contributed by atoms with Crippen molar-refractivity contribution in [2.75, 3.05) is 0 Å². The number of rotatable bonds is 3. The Morgan fingerprint density at radius 3 is 3.17 bits per heavy atom. The first kappa shape index (κ1) is 7.76. The van der Waals surface area contributed by atoms with Crippen LogP contribution in [0.5, 0.6) is 5.75 Å². The van der Waals surface area contributed by atoms with Crippen molar-refractivity contribution in [2.45, 2.75) is 6.61 Å². The van der Waals surface area contributed by atoms with Crippen molar-refractivity contribution in [3.8, 4) is 5.75 Å². The zero-order valence-corrected chi connectivity index (χ0v) is 7.82. The van der Waals surface area contributed by atoms with Crippen LogP contribution < -0.4 is 4.74 Å². The Labute approximate surface area is 78.5 Å². The van der Waals surface area contributed by atoms with Crippen molar-refractivity contribution in [3.63, 3.8) is 0 Å². The summed E-state index contributed by atoms with van der Waals surface area (Å²) in [5.74, 6) is 0.801. The molecule has 2 heterocycles. The summed E-state index contributed by atoms with van der Waals surface area (Å²) in [4.78, 5) is 4.10. The molecule has 0 N–H and O–H groups in total. The first-order valence-electron chi connectivity index (χ1n) is 3.41. The fraction of sp³-hybridized carbons (Fsp3) is 0.125. The Morgan fingerprint density at radius 1 is 1.50 bits per heavy atom. The molecule has 2 aromatic rings. The van der Waals surface area contributed by atoms with Crippen molar-refractivity contribution >= 4 is 22.7 Å². The van der Waals surface area contributed by atoms with Crippen LogP contribution in [0.4, 0.5) is 0 Å². The van der Waals surface area contributed by atoms with Gasteiger partial charge in [-0.3, -0.25) is 0 Å². The molecular formula is C8H6NOS2. The highest BCUT2D eigenvalue weighted by Gasteiger charge is 1.97. The Balaban J connectivity index is 1.91. The number of thiazole rings is 1. The molecule has 0 aromatic carbocycles. The van der Waals surface area contributed by atoms with Gasteiger partial charge in [0.2, 0.25) is 0 Å². The fourth-order valence-corrected chi connectivity index (χ4v) is 1.79. The van der Waals surface area contributed by atoms with Gasteiger partial charge in [0.15, 0.2) is 0 Å². The van der Waals surface area contributed by atoms with E-state index in [1.54, 1.807) is 17.5 Å². The van der Waals surface area contributed by atoms with Crippen LogP contribution >= 0.6 is 22.7 Å². The summed E-state index contributed by atoms with van der Waals surface area (Å²) in [7, 11) is 0. The highest BCUT2D eigenvalue weighted by Crippen LogP contribution is 2.15. The van der Waals surface area contributed by atoms with Crippen molar-refractivity contribution < 1.29 is 4.74 Å². The standard InChI is InChI=1S/C8H6NOS2/c1-3-11-6-7(1)10-5-8-9-2-4-12-8/h1-4H,5H2. The number of nitrogens with zero attached hydrogens (tertiary/aromatic N) is 1. The van der Waals surface area contributed by atoms with E-state index in [9.17, 15) is 0 Å². The second-order valence-electron chi connectivity index (χ2n) is 2.10. The molecule has 0 saturated heterocycles. The van der Waals surface area contributed by atoms with E-state index >= 15 is 0 Å². The molecule has 0 unspecified atom stereocenters. The average molecular weight is 196 g/mol. The van der Waals surface area contributed by atoms with Crippen molar-refractivity contribution in [1.29, 1.82) is 0 Å². The molecular weight excluding hydrogens is 190 g/mol. The van der Waals surface area contributed by atoms with Crippen LogP contribution in [0.25, 0.3) is 0 Å². The molecule has 0 atom stereocenters. The lowest BCUT2D eigenvalue weighted by Crippen LogP contribution is -1.92. The Morgan fingerprint density at radius 2 is 2.50 bits per heavy atom. The van der Waals surface area contributed by atoms with Crippen LogP contribution in [0.3, 0.4) is 0 Å². The third kappa shape index (κ3) is 1.84. The van der Waals surface area contributed by atoms with E-state index in [4.69, 9.17) is 4.74 Å². The molecule has 0 aliphatic heterocycles. The molecule has 0 spiro atoms. The van der Waals surface area contributed by atoms with Crippen LogP contribution in [0.15, 0.2) is 23.0 Å². The van der Waals surface area contributed by atoms with Gasteiger partial charge < -0.3 is 4.74 Å². The van der Waals surface area contributed by atoms with Gasteiger partial charge in [-0.05, 0) is 11.4 Å². The SMILES string of the molecule is [c]1sccc1OCc1nccs1. The lowest BCUT2D eigenvalue weighted by Gasteiger charge is -1.98. The predicted molar refractivity (Wildman–Crippen MR) is 49.6 cm³/mol. The average Bonchev–Trinajstić information content (AvgIpc) is 2.74. The van der Waals surface area contributed by atoms with E-state index in [1.165, 1.54) is 11.3 Å². The van der Waals surface area contributed by atoms with Gasteiger partial charge in [-0.15, -0.1) is 22.7 Å². The molecule has 61 valence electrons. The first-order chi connectivity index (χ1) is 5.95. The van der Waals surface area contributed by atoms with Crippen molar-refractivity contribution in [2.24, 2.45) is 0 Å². The van der Waals surface area contributed by atoms with Gasteiger partial charge >= 0.3 is 0 Å². The van der Waals surface area contributed by atoms with Crippen molar-refractivity contribution in [3.05, 3.63) is 33.4 Å². The van der Waals surface area contributed by atoms with Gasteiger partial charge in [-0.25, -0.2) is 4.98 Å². The monoisotopic (exact) mass is 196 g/mol. The number of ether oxygens (including phenoxy) is 1. The minimum atomic E-state index is 0.547. The number of aromatic nitrogens is 1. The molecule has 4 heteroatoms. The smallest absolute Gasteiger partial charge is 0.140 e. The Kier molecular flexibility index (Phi) is 2.39. The van der Waals surface area contributed by atoms with Crippen LogP contribution in [0.2, 0.25) is 0 Å². The third-order valence-corrected chi connectivity index (χ3v) is 2.63. The second-order valence-corrected chi connectivity index (χ2v) is 3.79. The van der Waals surface area contributed by atoms with Crippen LogP contribution in [0.1, 0.15) is 5.01 Å². The number of hydrogen-bond donors (Lipinski definition) is 0. The molecule has 1 radical (unpaired) electrons. The second kappa shape index (κ2) is 3.69. The highest BCUT2D eigenvalue weighted by molar-refractivity contribution is 7.09. The summed E-state index contributed by atoms with van der Waals surface area (Å²) in [5, 5.41) is 7.87. The topological polar surface area (TPSA) is 22.1 Å². The summed E-state index contributed by atoms with van der Waals surface area (Å²) in [6.07, 6.45) is 1.78. The van der Waals surface area contributed by atoms with Crippen LogP contribution in [-0.2, 0) is 6.61 Å². The van der Waals surface area contributed by atoms with Gasteiger partial charge in [0, 0.05) is 11.6 Å². The predicted octanol–water partition coefficient (Wildman–Crippen LogP) is 2.58. The Hall–Kier alpha value is -0.870. The van der Waals surface area contributed by atoms with E-state index in [1.807, 2.05) is 16.8 Å². The molecule has 0 fully saturated rings. The van der Waals surface area contributed by atoms with E-state index < -0.39 is 0 Å². The molecule has 0 aliphatic carbocycles. The maximum absolute atomic E-state index is 5.39. The largest absolute Gasteiger partial charge is 0.485 e. The van der Waals surface area contributed by atoms with E-state index in [0.717, 1.165) is 10.8 Å². The molecule has 0 saturated carbocycles. The summed E-state index contributed by atoms with van der Waals surface area (Å²) in [6, 6.07) is 1.90. The van der Waals surface area contributed by atoms with E-state index in [0.29, 0.717) is 6.61 Å². The maximum atomic E-state index is 5.39. The van der Waals surface area contributed by atoms with Crippen molar-refractivity contribution in [1.82, 2.24) is 4.98 Å². The van der Waals surface area contributed by atoms with E-state index in [2.05, 4.69) is 10.4 Å². The molecule has 2 nitrogen and oxygen atoms in total. The molecule has 0 amide bonds. The summed E-state index contributed by atoms with van der Waals surface area (Å²) in [6.45, 7) is 0.547. The zero-order chi connectivity index (χ0) is 8.23. The van der Waals surface area contributed by atoms with Gasteiger partial charge in [-0.1, -0.05) is 0 Å². The van der Waals surface area contributed by atoms with Crippen LogP contribution in [-0.4, -0.2) is 4.98 Å². The third-order valence-electron chi connectivity index (χ3n) is 1.28. The minimum absolute atomic E-state index is 0.547. The Bertz CT molecular complexity index is 280. The van der Waals surface area contributed by atoms with Crippen LogP contribution in [0, 0.1) is 5.38 Å². The number of thiophene rings is 1. The van der Waals surface area contributed by atoms with Gasteiger partial charge in [0.05, 0.1) is 5.38 Å². The summed E-state index contributed by atoms with van der Waals surface area (Å²) in [5.41, 5.74) is 0. The van der Waals surface area contributed by atoms with Gasteiger partial charge in [-0.2, -0.15) is 0 Å². The zero-order valence-electron chi connectivity index (χ0n) is 6.19. The molecule has 2 rings (SSSR count). The first-order valence-corrected chi connectivity index (χ1v) is 5.17. The lowest BCUT2D eigenvalue weighted by molar-refractivity contribution is 0.306. The summed E-state index contributed by atoms with van der Waals surface area (Å²) >= 11 is 3.11. The minimum Gasteiger partial charge on any atom is -0.485 e. The normalized spacial score (nSPS) is 10.0. The summed E-state index contributed by atoms with van der Waals surface area (Å²) < 4.78 is 5.39. The molecule has 2 aromatic heterocycles. The quantitative estimate of drug-likeness (QED) is 0.752. The lowest BCUT2D eigenvalue weighted by atomic mass is 10.6. The highest BCUT2D eigenvalue weighted by atomic mass is 32.1. The maximum Gasteiger partial charge on any atom is 0.140 e. The van der Waals surface area contributed by atoms with E-state index in [-0.39, 0.29) is 0 Å². The molecule has 12 heavy (non-hydrogen) atoms. The number of hydrogen-bond acceptors (Lipinski definition) is 4. The molecule has 0 aliphatic rings. The fourth-order valence-electron chi connectivity index (χ4n) is 0.763. The van der Waals surface area contributed by atoms with Gasteiger partial charge in [0.1, 0.15) is 17.4 Å².